The molecule has 2 unspecified atom stereocenters. The van der Waals surface area contributed by atoms with Gasteiger partial charge in [-0.15, -0.1) is 0 Å². The van der Waals surface area contributed by atoms with Crippen LogP contribution in [-0.4, -0.2) is 32.7 Å². The number of nitrogens with one attached hydrogen (secondary N) is 1. The minimum absolute atomic E-state index is 0.170. The van der Waals surface area contributed by atoms with Crippen molar-refractivity contribution in [2.45, 2.75) is 24.8 Å². The van der Waals surface area contributed by atoms with Crippen LogP contribution in [0.3, 0.4) is 0 Å². The molecule has 1 aliphatic rings. The summed E-state index contributed by atoms with van der Waals surface area (Å²) in [4.78, 5) is 21.7. The van der Waals surface area contributed by atoms with Crippen LogP contribution < -0.4 is 16.0 Å². The van der Waals surface area contributed by atoms with Crippen LogP contribution in [0.15, 0.2) is 29.4 Å². The molecule has 24 heavy (non-hydrogen) atoms. The van der Waals surface area contributed by atoms with E-state index in [0.29, 0.717) is 28.8 Å². The van der Waals surface area contributed by atoms with Crippen LogP contribution in [0.2, 0.25) is 5.02 Å². The summed E-state index contributed by atoms with van der Waals surface area (Å²) in [5, 5.41) is 3.81. The van der Waals surface area contributed by atoms with Crippen molar-refractivity contribution in [2.24, 2.45) is 0 Å². The van der Waals surface area contributed by atoms with Crippen molar-refractivity contribution < 1.29 is 9.35 Å². The molecule has 0 spiro atoms. The molecule has 2 heterocycles. The lowest BCUT2D eigenvalue weighted by atomic mass is 10.2. The summed E-state index contributed by atoms with van der Waals surface area (Å²) in [6.07, 6.45) is 0.158. The van der Waals surface area contributed by atoms with Crippen LogP contribution >= 0.6 is 11.6 Å². The predicted octanol–water partition coefficient (Wildman–Crippen LogP) is 1.80. The van der Waals surface area contributed by atoms with Gasteiger partial charge < -0.3 is 20.5 Å². The van der Waals surface area contributed by atoms with Gasteiger partial charge in [-0.1, -0.05) is 23.7 Å². The van der Waals surface area contributed by atoms with Gasteiger partial charge in [0, 0.05) is 22.7 Å². The minimum atomic E-state index is -1.33. The lowest BCUT2D eigenvalue weighted by molar-refractivity contribution is -0.108. The molecule has 0 radical (unpaired) electrons. The topological polar surface area (TPSA) is 107 Å². The van der Waals surface area contributed by atoms with Gasteiger partial charge >= 0.3 is 5.16 Å². The number of fused-ring (bicyclic) bond motifs is 1. The number of nitrogens with zero attached hydrogens (tertiary/aromatic N) is 3. The largest absolute Gasteiger partial charge is 0.609 e. The second kappa shape index (κ2) is 6.84. The van der Waals surface area contributed by atoms with Crippen LogP contribution in [0, 0.1) is 0 Å². The Bertz CT molecular complexity index is 758. The van der Waals surface area contributed by atoms with Crippen molar-refractivity contribution in [3.8, 4) is 0 Å². The molecule has 9 heteroatoms. The van der Waals surface area contributed by atoms with Crippen LogP contribution in [0.5, 0.6) is 0 Å². The number of rotatable bonds is 5. The van der Waals surface area contributed by atoms with E-state index in [9.17, 15) is 9.35 Å². The van der Waals surface area contributed by atoms with Gasteiger partial charge in [-0.2, -0.15) is 9.97 Å². The van der Waals surface area contributed by atoms with Crippen molar-refractivity contribution in [1.29, 1.82) is 0 Å². The van der Waals surface area contributed by atoms with Crippen molar-refractivity contribution >= 4 is 46.4 Å². The number of hydrogen-bond acceptors (Lipinski definition) is 7. The van der Waals surface area contributed by atoms with E-state index in [0.717, 1.165) is 11.8 Å². The quantitative estimate of drug-likeness (QED) is 0.472. The van der Waals surface area contributed by atoms with Crippen molar-refractivity contribution in [3.05, 3.63) is 34.9 Å². The highest BCUT2D eigenvalue weighted by Gasteiger charge is 2.34. The van der Waals surface area contributed by atoms with E-state index in [1.807, 2.05) is 12.1 Å². The molecule has 3 rings (SSSR count). The van der Waals surface area contributed by atoms with E-state index < -0.39 is 17.3 Å². The Balaban J connectivity index is 1.99. The molecule has 0 amide bonds. The average molecular weight is 366 g/mol. The molecule has 2 atom stereocenters. The van der Waals surface area contributed by atoms with Gasteiger partial charge in [-0.05, 0) is 24.6 Å². The number of aromatic nitrogens is 2. The highest BCUT2D eigenvalue weighted by atomic mass is 35.5. The summed E-state index contributed by atoms with van der Waals surface area (Å²) in [5.41, 5.74) is 7.39. The van der Waals surface area contributed by atoms with E-state index in [-0.39, 0.29) is 11.0 Å². The third-order valence-corrected chi connectivity index (χ3v) is 5.02. The Morgan fingerprint density at radius 2 is 2.12 bits per heavy atom. The molecule has 1 aliphatic heterocycles. The molecular weight excluding hydrogens is 350 g/mol. The molecule has 0 fully saturated rings. The van der Waals surface area contributed by atoms with Gasteiger partial charge in [0.25, 0.3) is 0 Å². The first-order chi connectivity index (χ1) is 11.5. The fourth-order valence-corrected chi connectivity index (χ4v) is 3.22. The van der Waals surface area contributed by atoms with Crippen molar-refractivity contribution in [1.82, 2.24) is 9.97 Å². The number of hydrogen-bond donors (Lipinski definition) is 2. The lowest BCUT2D eigenvalue weighted by Gasteiger charge is -2.22. The van der Waals surface area contributed by atoms with E-state index in [1.165, 1.54) is 0 Å². The monoisotopic (exact) mass is 365 g/mol. The summed E-state index contributed by atoms with van der Waals surface area (Å²) in [6.45, 7) is 2.20. The summed E-state index contributed by atoms with van der Waals surface area (Å²) >= 11 is 4.57. The molecule has 1 aromatic heterocycles. The predicted molar refractivity (Wildman–Crippen MR) is 94.5 cm³/mol. The molecule has 0 saturated heterocycles. The SMILES string of the molecule is CC[S+]([O-])c1nc(N)c2c(n1)N(Cc1ccc(Cl)cc1)C(C=O)N2. The number of anilines is 3. The number of halogens is 1. The molecule has 0 saturated carbocycles. The highest BCUT2D eigenvalue weighted by molar-refractivity contribution is 7.91. The zero-order valence-electron chi connectivity index (χ0n) is 12.9. The van der Waals surface area contributed by atoms with Crippen molar-refractivity contribution in [3.63, 3.8) is 0 Å². The van der Waals surface area contributed by atoms with Gasteiger partial charge in [0.15, 0.2) is 24.1 Å². The number of carbonyl (C=O) groups excluding carboxylic acids is 1. The van der Waals surface area contributed by atoms with E-state index in [1.54, 1.807) is 24.0 Å². The maximum Gasteiger partial charge on any atom is 0.346 e. The van der Waals surface area contributed by atoms with Crippen molar-refractivity contribution in [2.75, 3.05) is 21.7 Å². The Morgan fingerprint density at radius 1 is 1.42 bits per heavy atom. The zero-order chi connectivity index (χ0) is 17.3. The van der Waals surface area contributed by atoms with Gasteiger partial charge in [0.05, 0.1) is 0 Å². The number of carbonyl (C=O) groups is 1. The molecule has 0 aliphatic carbocycles. The molecule has 3 N–H and O–H groups in total. The Hall–Kier alpha value is -2.03. The van der Waals surface area contributed by atoms with E-state index >= 15 is 0 Å². The third kappa shape index (κ3) is 3.12. The first kappa shape index (κ1) is 16.8. The number of nitrogen functional groups attached to an aromatic ring is 1. The van der Waals surface area contributed by atoms with Gasteiger partial charge in [0.1, 0.15) is 11.4 Å². The van der Waals surface area contributed by atoms with Crippen LogP contribution in [-0.2, 0) is 22.5 Å². The number of nitrogens with two attached hydrogens (primary N) is 1. The molecule has 7 nitrogen and oxygen atoms in total. The first-order valence-electron chi connectivity index (χ1n) is 7.32. The minimum Gasteiger partial charge on any atom is -0.609 e. The van der Waals surface area contributed by atoms with E-state index in [2.05, 4.69) is 15.3 Å². The van der Waals surface area contributed by atoms with Crippen LogP contribution in [0.25, 0.3) is 0 Å². The summed E-state index contributed by atoms with van der Waals surface area (Å²) in [6, 6.07) is 7.31. The molecular formula is C15H16ClN5O2S. The Labute approximate surface area is 147 Å². The Morgan fingerprint density at radius 3 is 2.75 bits per heavy atom. The fraction of sp³-hybridized carbons (Fsp3) is 0.267. The molecule has 1 aromatic carbocycles. The second-order valence-corrected chi connectivity index (χ2v) is 7.27. The summed E-state index contributed by atoms with van der Waals surface area (Å²) in [7, 11) is 0. The second-order valence-electron chi connectivity index (χ2n) is 5.20. The first-order valence-corrected chi connectivity index (χ1v) is 9.02. The smallest absolute Gasteiger partial charge is 0.346 e. The normalized spacial score (nSPS) is 17.3. The standard InChI is InChI=1S/C15H16ClN5O2S/c1-2-24(23)15-19-13(17)12-14(20-15)21(11(8-22)18-12)7-9-3-5-10(16)6-4-9/h3-6,8,11,18H,2,7H2,1H3,(H2,17,19,20). The van der Waals surface area contributed by atoms with Crippen LogP contribution in [0.1, 0.15) is 12.5 Å². The number of aldehydes is 1. The number of benzene rings is 1. The summed E-state index contributed by atoms with van der Waals surface area (Å²) < 4.78 is 12.0. The molecule has 2 aromatic rings. The average Bonchev–Trinajstić information content (AvgIpc) is 2.94. The summed E-state index contributed by atoms with van der Waals surface area (Å²) in [5.74, 6) is 1.05. The zero-order valence-corrected chi connectivity index (χ0v) is 14.5. The van der Waals surface area contributed by atoms with E-state index in [4.69, 9.17) is 17.3 Å². The lowest BCUT2D eigenvalue weighted by Crippen LogP contribution is -2.36. The van der Waals surface area contributed by atoms with Gasteiger partial charge in [-0.25, -0.2) is 0 Å². The maximum absolute atomic E-state index is 12.0. The third-order valence-electron chi connectivity index (χ3n) is 3.66. The van der Waals surface area contributed by atoms with Crippen LogP contribution in [0.4, 0.5) is 17.3 Å². The molecule has 126 valence electrons. The highest BCUT2D eigenvalue weighted by Crippen LogP contribution is 2.37. The Kier molecular flexibility index (Phi) is 4.79. The fourth-order valence-electron chi connectivity index (χ4n) is 2.45. The molecule has 0 bridgehead atoms. The van der Waals surface area contributed by atoms with Gasteiger partial charge in [0.2, 0.25) is 0 Å². The van der Waals surface area contributed by atoms with Gasteiger partial charge in [-0.3, -0.25) is 4.79 Å². The maximum atomic E-state index is 12.0.